The summed E-state index contributed by atoms with van der Waals surface area (Å²) in [6, 6.07) is 8.16. The molecule has 1 saturated carbocycles. The molecule has 2 N–H and O–H groups in total. The first kappa shape index (κ1) is 14.1. The van der Waals surface area contributed by atoms with Gasteiger partial charge in [-0.2, -0.15) is 0 Å². The number of hydrogen-bond donors (Lipinski definition) is 2. The van der Waals surface area contributed by atoms with Gasteiger partial charge in [-0.15, -0.1) is 0 Å². The van der Waals surface area contributed by atoms with E-state index in [9.17, 15) is 9.90 Å². The van der Waals surface area contributed by atoms with Gasteiger partial charge in [-0.3, -0.25) is 4.79 Å². The van der Waals surface area contributed by atoms with Crippen molar-refractivity contribution >= 4 is 5.91 Å². The molecule has 1 aliphatic rings. The summed E-state index contributed by atoms with van der Waals surface area (Å²) in [7, 11) is 0. The summed E-state index contributed by atoms with van der Waals surface area (Å²) in [6.07, 6.45) is 5.25. The van der Waals surface area contributed by atoms with Crippen LogP contribution < -0.4 is 5.32 Å². The fourth-order valence-corrected chi connectivity index (χ4v) is 2.87. The van der Waals surface area contributed by atoms with Gasteiger partial charge in [0.2, 0.25) is 5.91 Å². The average Bonchev–Trinajstić information content (AvgIpc) is 2.87. The zero-order valence-corrected chi connectivity index (χ0v) is 11.6. The van der Waals surface area contributed by atoms with E-state index in [0.29, 0.717) is 6.42 Å². The van der Waals surface area contributed by atoms with E-state index in [1.54, 1.807) is 0 Å². The van der Waals surface area contributed by atoms with E-state index in [2.05, 4.69) is 24.4 Å². The maximum Gasteiger partial charge on any atom is 0.220 e. The third-order valence-corrected chi connectivity index (χ3v) is 4.15. The number of nitrogens with one attached hydrogen (secondary N) is 1. The zero-order valence-electron chi connectivity index (χ0n) is 11.6. The lowest BCUT2D eigenvalue weighted by molar-refractivity contribution is -0.123. The highest BCUT2D eigenvalue weighted by Gasteiger charge is 2.34. The number of carbonyl (C=O) groups excluding carboxylic acids is 1. The predicted octanol–water partition coefficient (Wildman–Crippen LogP) is 2.35. The van der Waals surface area contributed by atoms with Crippen molar-refractivity contribution in [1.82, 2.24) is 5.32 Å². The van der Waals surface area contributed by atoms with Gasteiger partial charge in [0.25, 0.3) is 0 Å². The molecule has 0 unspecified atom stereocenters. The first-order chi connectivity index (χ1) is 9.15. The largest absolute Gasteiger partial charge is 0.394 e. The standard InChI is InChI=1S/C16H23NO2/c1-13-6-2-3-7-14(13)8-9-15(19)17-16(12-18)10-4-5-11-16/h2-3,6-7,18H,4-5,8-12H2,1H3,(H,17,19). The molecule has 0 spiro atoms. The molecule has 104 valence electrons. The third-order valence-electron chi connectivity index (χ3n) is 4.15. The molecule has 1 amide bonds. The number of aliphatic hydroxyl groups is 1. The normalized spacial score (nSPS) is 17.4. The number of hydrogen-bond acceptors (Lipinski definition) is 2. The van der Waals surface area contributed by atoms with Gasteiger partial charge >= 0.3 is 0 Å². The second-order valence-electron chi connectivity index (χ2n) is 5.62. The van der Waals surface area contributed by atoms with Crippen LogP contribution in [0.5, 0.6) is 0 Å². The van der Waals surface area contributed by atoms with Crippen LogP contribution in [0.1, 0.15) is 43.2 Å². The van der Waals surface area contributed by atoms with Crippen molar-refractivity contribution in [2.24, 2.45) is 0 Å². The minimum absolute atomic E-state index is 0.0548. The van der Waals surface area contributed by atoms with E-state index in [-0.39, 0.29) is 18.1 Å². The van der Waals surface area contributed by atoms with Gasteiger partial charge < -0.3 is 10.4 Å². The van der Waals surface area contributed by atoms with Crippen LogP contribution in [0.25, 0.3) is 0 Å². The van der Waals surface area contributed by atoms with Crippen LogP contribution >= 0.6 is 0 Å². The van der Waals surface area contributed by atoms with Crippen molar-refractivity contribution in [2.45, 2.75) is 51.0 Å². The highest BCUT2D eigenvalue weighted by molar-refractivity contribution is 5.77. The minimum atomic E-state index is -0.344. The summed E-state index contributed by atoms with van der Waals surface area (Å²) in [6.45, 7) is 2.13. The Bertz CT molecular complexity index is 436. The van der Waals surface area contributed by atoms with E-state index in [1.165, 1.54) is 11.1 Å². The summed E-state index contributed by atoms with van der Waals surface area (Å²) in [5.74, 6) is 0.0548. The quantitative estimate of drug-likeness (QED) is 0.854. The molecule has 3 nitrogen and oxygen atoms in total. The van der Waals surface area contributed by atoms with Gasteiger partial charge in [0.1, 0.15) is 0 Å². The lowest BCUT2D eigenvalue weighted by Crippen LogP contribution is -2.49. The molecule has 0 radical (unpaired) electrons. The number of benzene rings is 1. The van der Waals surface area contributed by atoms with Crippen LogP contribution in [0.2, 0.25) is 0 Å². The fourth-order valence-electron chi connectivity index (χ4n) is 2.87. The highest BCUT2D eigenvalue weighted by atomic mass is 16.3. The fraction of sp³-hybridized carbons (Fsp3) is 0.562. The molecule has 0 atom stereocenters. The molecule has 2 rings (SSSR count). The van der Waals surface area contributed by atoms with E-state index >= 15 is 0 Å². The Labute approximate surface area is 115 Å². The molecular formula is C16H23NO2. The third kappa shape index (κ3) is 3.57. The minimum Gasteiger partial charge on any atom is -0.394 e. The topological polar surface area (TPSA) is 49.3 Å². The van der Waals surface area contributed by atoms with E-state index in [0.717, 1.165) is 32.1 Å². The maximum atomic E-state index is 12.0. The van der Waals surface area contributed by atoms with Gasteiger partial charge in [0.15, 0.2) is 0 Å². The Balaban J connectivity index is 1.86. The lowest BCUT2D eigenvalue weighted by Gasteiger charge is -2.28. The van der Waals surface area contributed by atoms with Crippen LogP contribution in [-0.4, -0.2) is 23.2 Å². The second kappa shape index (κ2) is 6.20. The summed E-state index contributed by atoms with van der Waals surface area (Å²) >= 11 is 0. The molecule has 0 saturated heterocycles. The Morgan fingerprint density at radius 3 is 2.63 bits per heavy atom. The molecule has 19 heavy (non-hydrogen) atoms. The molecule has 0 aliphatic heterocycles. The van der Waals surface area contributed by atoms with Crippen LogP contribution in [0.15, 0.2) is 24.3 Å². The smallest absolute Gasteiger partial charge is 0.220 e. The van der Waals surface area contributed by atoms with Gasteiger partial charge in [-0.25, -0.2) is 0 Å². The molecular weight excluding hydrogens is 238 g/mol. The van der Waals surface area contributed by atoms with Crippen molar-refractivity contribution in [3.05, 3.63) is 35.4 Å². The average molecular weight is 261 g/mol. The van der Waals surface area contributed by atoms with Gasteiger partial charge in [-0.1, -0.05) is 37.1 Å². The number of aliphatic hydroxyl groups excluding tert-OH is 1. The van der Waals surface area contributed by atoms with Crippen LogP contribution in [0, 0.1) is 6.92 Å². The van der Waals surface area contributed by atoms with Crippen LogP contribution in [0.4, 0.5) is 0 Å². The number of carbonyl (C=O) groups is 1. The number of rotatable bonds is 5. The first-order valence-electron chi connectivity index (χ1n) is 7.12. The predicted molar refractivity (Wildman–Crippen MR) is 75.9 cm³/mol. The molecule has 1 fully saturated rings. The molecule has 1 aromatic carbocycles. The van der Waals surface area contributed by atoms with E-state index in [4.69, 9.17) is 0 Å². The second-order valence-corrected chi connectivity index (χ2v) is 5.62. The molecule has 1 aromatic rings. The van der Waals surface area contributed by atoms with E-state index < -0.39 is 0 Å². The Morgan fingerprint density at radius 1 is 1.32 bits per heavy atom. The Morgan fingerprint density at radius 2 is 2.00 bits per heavy atom. The van der Waals surface area contributed by atoms with Crippen molar-refractivity contribution in [3.8, 4) is 0 Å². The van der Waals surface area contributed by atoms with Crippen LogP contribution in [-0.2, 0) is 11.2 Å². The summed E-state index contributed by atoms with van der Waals surface area (Å²) in [4.78, 5) is 12.0. The summed E-state index contributed by atoms with van der Waals surface area (Å²) < 4.78 is 0. The highest BCUT2D eigenvalue weighted by Crippen LogP contribution is 2.29. The summed E-state index contributed by atoms with van der Waals surface area (Å²) in [5, 5.41) is 12.5. The van der Waals surface area contributed by atoms with E-state index in [1.807, 2.05) is 12.1 Å². The van der Waals surface area contributed by atoms with Gasteiger partial charge in [-0.05, 0) is 37.3 Å². The maximum absolute atomic E-state index is 12.0. The summed E-state index contributed by atoms with van der Waals surface area (Å²) in [5.41, 5.74) is 2.11. The molecule has 3 heteroatoms. The van der Waals surface area contributed by atoms with Crippen molar-refractivity contribution in [2.75, 3.05) is 6.61 Å². The van der Waals surface area contributed by atoms with Gasteiger partial charge in [0.05, 0.1) is 12.1 Å². The number of aryl methyl sites for hydroxylation is 2. The monoisotopic (exact) mass is 261 g/mol. The van der Waals surface area contributed by atoms with Crippen molar-refractivity contribution in [1.29, 1.82) is 0 Å². The van der Waals surface area contributed by atoms with Crippen molar-refractivity contribution in [3.63, 3.8) is 0 Å². The SMILES string of the molecule is Cc1ccccc1CCC(=O)NC1(CO)CCCC1. The van der Waals surface area contributed by atoms with Gasteiger partial charge in [0, 0.05) is 6.42 Å². The Kier molecular flexibility index (Phi) is 4.59. The van der Waals surface area contributed by atoms with Crippen molar-refractivity contribution < 1.29 is 9.90 Å². The first-order valence-corrected chi connectivity index (χ1v) is 7.12. The lowest BCUT2D eigenvalue weighted by atomic mass is 9.98. The Hall–Kier alpha value is -1.35. The molecule has 0 heterocycles. The molecule has 1 aliphatic carbocycles. The molecule has 0 aromatic heterocycles. The van der Waals surface area contributed by atoms with Crippen LogP contribution in [0.3, 0.4) is 0 Å². The molecule has 0 bridgehead atoms. The zero-order chi connectivity index (χ0) is 13.7. The number of amides is 1.